The van der Waals surface area contributed by atoms with Gasteiger partial charge in [-0.05, 0) is 42.8 Å². The number of para-hydroxylation sites is 2. The van der Waals surface area contributed by atoms with Crippen LogP contribution in [-0.4, -0.2) is 25.8 Å². The molecule has 0 fully saturated rings. The second kappa shape index (κ2) is 10.3. The minimum atomic E-state index is 0.523. The van der Waals surface area contributed by atoms with Crippen LogP contribution < -0.4 is 24.3 Å². The molecule has 152 valence electrons. The van der Waals surface area contributed by atoms with E-state index in [1.54, 1.807) is 20.4 Å². The van der Waals surface area contributed by atoms with Crippen LogP contribution in [0.1, 0.15) is 18.1 Å². The molecule has 0 bridgehead atoms. The van der Waals surface area contributed by atoms with Gasteiger partial charge in [-0.15, -0.1) is 0 Å². The van der Waals surface area contributed by atoms with Gasteiger partial charge in [0.1, 0.15) is 11.5 Å². The van der Waals surface area contributed by atoms with Crippen LogP contribution in [0.15, 0.2) is 60.8 Å². The molecule has 0 amide bonds. The Bertz CT molecular complexity index is 913. The van der Waals surface area contributed by atoms with Crippen LogP contribution in [-0.2, 0) is 13.1 Å². The van der Waals surface area contributed by atoms with Crippen LogP contribution in [0.2, 0.25) is 0 Å². The van der Waals surface area contributed by atoms with Crippen molar-refractivity contribution in [1.82, 2.24) is 10.3 Å². The van der Waals surface area contributed by atoms with Crippen LogP contribution in [0.25, 0.3) is 0 Å². The smallest absolute Gasteiger partial charge is 0.219 e. The normalized spacial score (nSPS) is 10.4. The Labute approximate surface area is 171 Å². The van der Waals surface area contributed by atoms with E-state index in [1.165, 1.54) is 0 Å². The van der Waals surface area contributed by atoms with Crippen molar-refractivity contribution in [2.75, 3.05) is 20.8 Å². The summed E-state index contributed by atoms with van der Waals surface area (Å²) in [6, 6.07) is 17.2. The number of hydrogen-bond acceptors (Lipinski definition) is 6. The lowest BCUT2D eigenvalue weighted by Gasteiger charge is -2.12. The lowest BCUT2D eigenvalue weighted by molar-refractivity contribution is 0.319. The number of aromatic nitrogens is 1. The van der Waals surface area contributed by atoms with Crippen molar-refractivity contribution >= 4 is 0 Å². The Morgan fingerprint density at radius 3 is 2.38 bits per heavy atom. The molecule has 3 aromatic rings. The third kappa shape index (κ3) is 5.62. The maximum Gasteiger partial charge on any atom is 0.219 e. The molecule has 6 heteroatoms. The summed E-state index contributed by atoms with van der Waals surface area (Å²) in [6.07, 6.45) is 1.80. The summed E-state index contributed by atoms with van der Waals surface area (Å²) in [5.41, 5.74) is 2.09. The first-order valence-electron chi connectivity index (χ1n) is 9.49. The summed E-state index contributed by atoms with van der Waals surface area (Å²) in [7, 11) is 3.32. The Morgan fingerprint density at radius 1 is 0.862 bits per heavy atom. The van der Waals surface area contributed by atoms with Crippen molar-refractivity contribution in [2.45, 2.75) is 20.0 Å². The molecule has 0 aliphatic rings. The average Bonchev–Trinajstić information content (AvgIpc) is 2.76. The maximum atomic E-state index is 5.86. The summed E-state index contributed by atoms with van der Waals surface area (Å²) in [5.74, 6) is 3.51. The molecule has 3 rings (SSSR count). The molecule has 0 aliphatic heterocycles. The second-order valence-electron chi connectivity index (χ2n) is 6.27. The Hall–Kier alpha value is -3.25. The van der Waals surface area contributed by atoms with Gasteiger partial charge in [0.2, 0.25) is 5.88 Å². The second-order valence-corrected chi connectivity index (χ2v) is 6.27. The van der Waals surface area contributed by atoms with Gasteiger partial charge in [-0.25, -0.2) is 4.98 Å². The van der Waals surface area contributed by atoms with E-state index in [9.17, 15) is 0 Å². The van der Waals surface area contributed by atoms with E-state index in [-0.39, 0.29) is 0 Å². The number of methoxy groups -OCH3 is 2. The number of rotatable bonds is 10. The fourth-order valence-corrected chi connectivity index (χ4v) is 2.86. The molecule has 0 saturated heterocycles. The zero-order valence-electron chi connectivity index (χ0n) is 17.0. The molecule has 0 spiro atoms. The summed E-state index contributed by atoms with van der Waals surface area (Å²) >= 11 is 0. The van der Waals surface area contributed by atoms with Crippen molar-refractivity contribution in [1.29, 1.82) is 0 Å². The molecule has 29 heavy (non-hydrogen) atoms. The molecule has 0 radical (unpaired) electrons. The number of pyridine rings is 1. The fraction of sp³-hybridized carbons (Fsp3) is 0.261. The van der Waals surface area contributed by atoms with Gasteiger partial charge < -0.3 is 24.3 Å². The van der Waals surface area contributed by atoms with Crippen LogP contribution in [0, 0.1) is 0 Å². The van der Waals surface area contributed by atoms with Crippen molar-refractivity contribution in [3.05, 3.63) is 71.9 Å². The molecule has 2 aromatic carbocycles. The van der Waals surface area contributed by atoms with Crippen LogP contribution in [0.5, 0.6) is 28.9 Å². The molecule has 1 N–H and O–H groups in total. The summed E-state index contributed by atoms with van der Waals surface area (Å²) < 4.78 is 22.1. The number of hydrogen-bond donors (Lipinski definition) is 1. The van der Waals surface area contributed by atoms with E-state index < -0.39 is 0 Å². The minimum absolute atomic E-state index is 0.523. The summed E-state index contributed by atoms with van der Waals surface area (Å²) in [5, 5.41) is 3.40. The van der Waals surface area contributed by atoms with Crippen molar-refractivity contribution in [3.63, 3.8) is 0 Å². The molecule has 1 aromatic heterocycles. The Morgan fingerprint density at radius 2 is 1.69 bits per heavy atom. The van der Waals surface area contributed by atoms with Gasteiger partial charge >= 0.3 is 0 Å². The van der Waals surface area contributed by atoms with Gasteiger partial charge in [0.25, 0.3) is 0 Å². The van der Waals surface area contributed by atoms with E-state index in [0.717, 1.165) is 22.6 Å². The SMILES string of the molecule is CCOc1ccccc1Oc1ccc(CNCc2cc(OC)ccc2OC)cn1. The number of ether oxygens (including phenoxy) is 4. The average molecular weight is 394 g/mol. The maximum absolute atomic E-state index is 5.86. The molecule has 1 heterocycles. The van der Waals surface area contributed by atoms with Crippen molar-refractivity contribution in [2.24, 2.45) is 0 Å². The van der Waals surface area contributed by atoms with Gasteiger partial charge in [0.05, 0.1) is 20.8 Å². The third-order valence-corrected chi connectivity index (χ3v) is 4.29. The number of nitrogens with zero attached hydrogens (tertiary/aromatic N) is 1. The van der Waals surface area contributed by atoms with Crippen LogP contribution in [0.4, 0.5) is 0 Å². The third-order valence-electron chi connectivity index (χ3n) is 4.29. The quantitative estimate of drug-likeness (QED) is 0.543. The highest BCUT2D eigenvalue weighted by atomic mass is 16.5. The van der Waals surface area contributed by atoms with Gasteiger partial charge in [-0.3, -0.25) is 0 Å². The monoisotopic (exact) mass is 394 g/mol. The first-order chi connectivity index (χ1) is 14.2. The number of nitrogens with one attached hydrogen (secondary N) is 1. The predicted molar refractivity (Wildman–Crippen MR) is 112 cm³/mol. The Balaban J connectivity index is 1.58. The Kier molecular flexibility index (Phi) is 7.30. The van der Waals surface area contributed by atoms with Crippen molar-refractivity contribution < 1.29 is 18.9 Å². The van der Waals surface area contributed by atoms with E-state index >= 15 is 0 Å². The molecule has 6 nitrogen and oxygen atoms in total. The van der Waals surface area contributed by atoms with E-state index in [4.69, 9.17) is 18.9 Å². The van der Waals surface area contributed by atoms with Gasteiger partial charge in [0, 0.05) is 30.9 Å². The first kappa shape index (κ1) is 20.5. The summed E-state index contributed by atoms with van der Waals surface area (Å²) in [4.78, 5) is 4.40. The molecule has 0 saturated carbocycles. The highest BCUT2D eigenvalue weighted by Gasteiger charge is 2.07. The molecular weight excluding hydrogens is 368 g/mol. The van der Waals surface area contributed by atoms with Crippen LogP contribution >= 0.6 is 0 Å². The standard InChI is InChI=1S/C23H26N2O4/c1-4-28-21-7-5-6-8-22(21)29-23-12-9-17(15-25-23)14-24-16-18-13-19(26-2)10-11-20(18)27-3/h5-13,15,24H,4,14,16H2,1-3H3. The number of benzene rings is 2. The van der Waals surface area contributed by atoms with E-state index in [2.05, 4.69) is 10.3 Å². The first-order valence-corrected chi connectivity index (χ1v) is 9.49. The minimum Gasteiger partial charge on any atom is -0.497 e. The van der Waals surface area contributed by atoms with Gasteiger partial charge in [-0.1, -0.05) is 18.2 Å². The van der Waals surface area contributed by atoms with Gasteiger partial charge in [0.15, 0.2) is 11.5 Å². The highest BCUT2D eigenvalue weighted by molar-refractivity contribution is 5.42. The van der Waals surface area contributed by atoms with Gasteiger partial charge in [-0.2, -0.15) is 0 Å². The largest absolute Gasteiger partial charge is 0.497 e. The predicted octanol–water partition coefficient (Wildman–Crippen LogP) is 4.58. The molecule has 0 aliphatic carbocycles. The topological polar surface area (TPSA) is 61.8 Å². The van der Waals surface area contributed by atoms with Crippen molar-refractivity contribution in [3.8, 4) is 28.9 Å². The molecule has 0 unspecified atom stereocenters. The van der Waals surface area contributed by atoms with E-state index in [1.807, 2.05) is 61.5 Å². The lowest BCUT2D eigenvalue weighted by atomic mass is 10.2. The summed E-state index contributed by atoms with van der Waals surface area (Å²) in [6.45, 7) is 3.85. The molecule has 0 atom stereocenters. The zero-order valence-corrected chi connectivity index (χ0v) is 17.0. The molecular formula is C23H26N2O4. The zero-order chi connectivity index (χ0) is 20.5. The van der Waals surface area contributed by atoms with E-state index in [0.29, 0.717) is 37.1 Å². The lowest BCUT2D eigenvalue weighted by Crippen LogP contribution is -2.13. The fourth-order valence-electron chi connectivity index (χ4n) is 2.86. The highest BCUT2D eigenvalue weighted by Crippen LogP contribution is 2.30. The van der Waals surface area contributed by atoms with Crippen LogP contribution in [0.3, 0.4) is 0 Å².